The SMILES string of the molecule is O=C1CCCN1CCCN1C(=O)c2ccccc2[C@]1(O)c1ccc(Br)cc1. The zero-order valence-electron chi connectivity index (χ0n) is 14.9. The van der Waals surface area contributed by atoms with Crippen molar-refractivity contribution in [2.24, 2.45) is 0 Å². The molecule has 4 rings (SSSR count). The number of hydrogen-bond donors (Lipinski definition) is 1. The lowest BCUT2D eigenvalue weighted by atomic mass is 9.94. The number of fused-ring (bicyclic) bond motifs is 1. The summed E-state index contributed by atoms with van der Waals surface area (Å²) in [5.41, 5.74) is 0.291. The molecule has 0 aliphatic carbocycles. The summed E-state index contributed by atoms with van der Waals surface area (Å²) in [6, 6.07) is 14.6. The van der Waals surface area contributed by atoms with E-state index in [9.17, 15) is 14.7 Å². The first-order chi connectivity index (χ1) is 13.0. The smallest absolute Gasteiger partial charge is 0.257 e. The second-order valence-electron chi connectivity index (χ2n) is 7.02. The van der Waals surface area contributed by atoms with Crippen molar-refractivity contribution in [3.8, 4) is 0 Å². The van der Waals surface area contributed by atoms with Crippen molar-refractivity contribution >= 4 is 27.7 Å². The highest BCUT2D eigenvalue weighted by Crippen LogP contribution is 2.42. The van der Waals surface area contributed by atoms with Crippen molar-refractivity contribution in [2.75, 3.05) is 19.6 Å². The van der Waals surface area contributed by atoms with Crippen LogP contribution in [0.2, 0.25) is 0 Å². The van der Waals surface area contributed by atoms with E-state index in [0.29, 0.717) is 42.6 Å². The van der Waals surface area contributed by atoms with E-state index >= 15 is 0 Å². The van der Waals surface area contributed by atoms with Gasteiger partial charge in [0, 0.05) is 47.2 Å². The van der Waals surface area contributed by atoms with E-state index < -0.39 is 5.72 Å². The van der Waals surface area contributed by atoms with Gasteiger partial charge in [0.05, 0.1) is 0 Å². The Morgan fingerprint density at radius 2 is 1.78 bits per heavy atom. The Morgan fingerprint density at radius 1 is 1.04 bits per heavy atom. The largest absolute Gasteiger partial charge is 0.363 e. The van der Waals surface area contributed by atoms with Crippen LogP contribution in [-0.2, 0) is 10.5 Å². The van der Waals surface area contributed by atoms with Crippen molar-refractivity contribution in [1.82, 2.24) is 9.80 Å². The molecule has 1 N–H and O–H groups in total. The number of carbonyl (C=O) groups excluding carboxylic acids is 2. The highest BCUT2D eigenvalue weighted by atomic mass is 79.9. The number of nitrogens with zero attached hydrogens (tertiary/aromatic N) is 2. The Bertz CT molecular complexity index is 883. The summed E-state index contributed by atoms with van der Waals surface area (Å²) in [6.07, 6.45) is 2.14. The van der Waals surface area contributed by atoms with Crippen molar-refractivity contribution in [1.29, 1.82) is 0 Å². The second kappa shape index (κ2) is 7.09. The Kier molecular flexibility index (Phi) is 4.78. The molecule has 0 spiro atoms. The van der Waals surface area contributed by atoms with Gasteiger partial charge in [-0.2, -0.15) is 0 Å². The number of benzene rings is 2. The van der Waals surface area contributed by atoms with Crippen molar-refractivity contribution in [2.45, 2.75) is 25.0 Å². The lowest BCUT2D eigenvalue weighted by molar-refractivity contribution is -0.127. The molecule has 0 saturated carbocycles. The molecule has 1 atom stereocenters. The molecule has 2 amide bonds. The predicted molar refractivity (Wildman–Crippen MR) is 105 cm³/mol. The van der Waals surface area contributed by atoms with Crippen LogP contribution in [0.25, 0.3) is 0 Å². The quantitative estimate of drug-likeness (QED) is 0.795. The standard InChI is InChI=1S/C21H21BrN2O3/c22-16-10-8-15(9-11-16)21(27)18-6-2-1-5-17(18)20(26)24(21)14-4-13-23-12-3-7-19(23)25/h1-2,5-6,8-11,27H,3-4,7,12-14H2/t21-/m1/s1. The molecule has 0 radical (unpaired) electrons. The molecular formula is C21H21BrN2O3. The van der Waals surface area contributed by atoms with Crippen LogP contribution in [0.4, 0.5) is 0 Å². The lowest BCUT2D eigenvalue weighted by Gasteiger charge is -2.35. The monoisotopic (exact) mass is 428 g/mol. The van der Waals surface area contributed by atoms with Crippen LogP contribution in [0.5, 0.6) is 0 Å². The molecule has 5 nitrogen and oxygen atoms in total. The minimum atomic E-state index is -1.50. The molecule has 0 unspecified atom stereocenters. The normalized spacial score (nSPS) is 21.9. The summed E-state index contributed by atoms with van der Waals surface area (Å²) in [5, 5.41) is 11.7. The number of halogens is 1. The fourth-order valence-corrected chi connectivity index (χ4v) is 4.29. The summed E-state index contributed by atoms with van der Waals surface area (Å²) in [6.45, 7) is 1.77. The van der Waals surface area contributed by atoms with Gasteiger partial charge in [0.25, 0.3) is 5.91 Å². The number of aliphatic hydroxyl groups is 1. The average molecular weight is 429 g/mol. The molecule has 1 fully saturated rings. The molecular weight excluding hydrogens is 408 g/mol. The third-order valence-corrected chi connectivity index (χ3v) is 5.93. The van der Waals surface area contributed by atoms with Crippen LogP contribution in [0.3, 0.4) is 0 Å². The van der Waals surface area contributed by atoms with E-state index in [0.717, 1.165) is 17.4 Å². The Morgan fingerprint density at radius 3 is 2.48 bits per heavy atom. The van der Waals surface area contributed by atoms with E-state index in [4.69, 9.17) is 0 Å². The minimum Gasteiger partial charge on any atom is -0.363 e. The first-order valence-corrected chi connectivity index (χ1v) is 9.99. The molecule has 2 heterocycles. The first-order valence-electron chi connectivity index (χ1n) is 9.19. The van der Waals surface area contributed by atoms with Gasteiger partial charge in [0.15, 0.2) is 5.72 Å². The lowest BCUT2D eigenvalue weighted by Crippen LogP contribution is -2.46. The molecule has 2 aromatic carbocycles. The molecule has 2 aliphatic heterocycles. The topological polar surface area (TPSA) is 60.9 Å². The number of amides is 2. The molecule has 0 aromatic heterocycles. The van der Waals surface area contributed by atoms with Crippen molar-refractivity contribution in [3.05, 3.63) is 69.7 Å². The predicted octanol–water partition coefficient (Wildman–Crippen LogP) is 3.11. The van der Waals surface area contributed by atoms with Crippen LogP contribution in [-0.4, -0.2) is 46.4 Å². The first kappa shape index (κ1) is 18.2. The maximum atomic E-state index is 13.0. The van der Waals surface area contributed by atoms with Crippen molar-refractivity contribution in [3.63, 3.8) is 0 Å². The van der Waals surface area contributed by atoms with Crippen molar-refractivity contribution < 1.29 is 14.7 Å². The molecule has 0 bridgehead atoms. The summed E-state index contributed by atoms with van der Waals surface area (Å²) in [4.78, 5) is 28.2. The summed E-state index contributed by atoms with van der Waals surface area (Å²) < 4.78 is 0.909. The van der Waals surface area contributed by atoms with Gasteiger partial charge in [0.2, 0.25) is 5.91 Å². The van der Waals surface area contributed by atoms with Crippen LogP contribution in [0, 0.1) is 0 Å². The maximum absolute atomic E-state index is 13.0. The summed E-state index contributed by atoms with van der Waals surface area (Å²) in [7, 11) is 0. The Balaban J connectivity index is 1.63. The van der Waals surface area contributed by atoms with Crippen LogP contribution in [0.15, 0.2) is 53.0 Å². The van der Waals surface area contributed by atoms with Crippen LogP contribution in [0.1, 0.15) is 40.7 Å². The molecule has 6 heteroatoms. The Labute approximate surface area is 166 Å². The molecule has 2 aliphatic rings. The number of hydrogen-bond acceptors (Lipinski definition) is 3. The maximum Gasteiger partial charge on any atom is 0.257 e. The molecule has 140 valence electrons. The second-order valence-corrected chi connectivity index (χ2v) is 7.94. The van der Waals surface area contributed by atoms with Gasteiger partial charge in [-0.15, -0.1) is 0 Å². The van der Waals surface area contributed by atoms with Gasteiger partial charge < -0.3 is 14.9 Å². The highest BCUT2D eigenvalue weighted by molar-refractivity contribution is 9.10. The molecule has 1 saturated heterocycles. The van der Waals surface area contributed by atoms with Gasteiger partial charge in [0.1, 0.15) is 0 Å². The summed E-state index contributed by atoms with van der Waals surface area (Å²) in [5.74, 6) is -0.00188. The average Bonchev–Trinajstić information content (AvgIpc) is 3.18. The van der Waals surface area contributed by atoms with Crippen LogP contribution < -0.4 is 0 Å². The number of likely N-dealkylation sites (tertiary alicyclic amines) is 1. The third kappa shape index (κ3) is 3.07. The van der Waals surface area contributed by atoms with E-state index in [-0.39, 0.29) is 11.8 Å². The van der Waals surface area contributed by atoms with Gasteiger partial charge in [-0.3, -0.25) is 9.59 Å². The number of rotatable bonds is 5. The van der Waals surface area contributed by atoms with Gasteiger partial charge in [-0.1, -0.05) is 46.3 Å². The molecule has 2 aromatic rings. The fraction of sp³-hybridized carbons (Fsp3) is 0.333. The van der Waals surface area contributed by atoms with Gasteiger partial charge >= 0.3 is 0 Å². The van der Waals surface area contributed by atoms with Crippen LogP contribution >= 0.6 is 15.9 Å². The zero-order chi connectivity index (χ0) is 19.0. The highest BCUT2D eigenvalue weighted by Gasteiger charge is 2.49. The Hall–Kier alpha value is -2.18. The van der Waals surface area contributed by atoms with Gasteiger partial charge in [-0.05, 0) is 31.0 Å². The summed E-state index contributed by atoms with van der Waals surface area (Å²) >= 11 is 3.42. The van der Waals surface area contributed by atoms with E-state index in [2.05, 4.69) is 15.9 Å². The number of carbonyl (C=O) groups is 2. The van der Waals surface area contributed by atoms with E-state index in [1.807, 2.05) is 41.3 Å². The van der Waals surface area contributed by atoms with E-state index in [1.54, 1.807) is 12.1 Å². The zero-order valence-corrected chi connectivity index (χ0v) is 16.5. The minimum absolute atomic E-state index is 0.175. The van der Waals surface area contributed by atoms with E-state index in [1.165, 1.54) is 4.90 Å². The van der Waals surface area contributed by atoms with Gasteiger partial charge in [-0.25, -0.2) is 0 Å². The molecule has 27 heavy (non-hydrogen) atoms. The third-order valence-electron chi connectivity index (χ3n) is 5.40. The fourth-order valence-electron chi connectivity index (χ4n) is 4.03.